The van der Waals surface area contributed by atoms with E-state index in [1.54, 1.807) is 7.05 Å². The van der Waals surface area contributed by atoms with Gasteiger partial charge in [0.25, 0.3) is 0 Å². The van der Waals surface area contributed by atoms with Gasteiger partial charge < -0.3 is 10.6 Å². The first-order valence-corrected chi connectivity index (χ1v) is 6.45. The fourth-order valence-electron chi connectivity index (χ4n) is 2.88. The fourth-order valence-corrected chi connectivity index (χ4v) is 2.88. The molecular formula is C13H22N2O. The lowest BCUT2D eigenvalue weighted by molar-refractivity contribution is -0.124. The Hall–Kier alpha value is -0.830. The van der Waals surface area contributed by atoms with Crippen LogP contribution in [0.5, 0.6) is 0 Å². The maximum atomic E-state index is 11.7. The van der Waals surface area contributed by atoms with Crippen LogP contribution in [0.2, 0.25) is 0 Å². The highest BCUT2D eigenvalue weighted by molar-refractivity contribution is 5.79. The summed E-state index contributed by atoms with van der Waals surface area (Å²) in [4.78, 5) is 11.7. The lowest BCUT2D eigenvalue weighted by Crippen LogP contribution is -2.44. The molecule has 2 N–H and O–H groups in total. The summed E-state index contributed by atoms with van der Waals surface area (Å²) in [5, 5.41) is 6.41. The normalized spacial score (nSPS) is 33.9. The van der Waals surface area contributed by atoms with Gasteiger partial charge in [0.15, 0.2) is 0 Å². The molecule has 0 aliphatic heterocycles. The van der Waals surface area contributed by atoms with Crippen LogP contribution in [0.15, 0.2) is 12.2 Å². The van der Waals surface area contributed by atoms with Gasteiger partial charge in [-0.2, -0.15) is 0 Å². The maximum absolute atomic E-state index is 11.7. The Balaban J connectivity index is 1.90. The summed E-state index contributed by atoms with van der Waals surface area (Å²) in [7, 11) is 1.73. The molecule has 2 rings (SSSR count). The second kappa shape index (κ2) is 5.48. The molecular weight excluding hydrogens is 200 g/mol. The Morgan fingerprint density at radius 2 is 2.12 bits per heavy atom. The predicted octanol–water partition coefficient (Wildman–Crippen LogP) is 1.60. The molecule has 1 saturated carbocycles. The van der Waals surface area contributed by atoms with Gasteiger partial charge in [-0.1, -0.05) is 18.6 Å². The van der Waals surface area contributed by atoms with Crippen LogP contribution in [0, 0.1) is 5.92 Å². The highest BCUT2D eigenvalue weighted by atomic mass is 16.1. The molecule has 90 valence electrons. The van der Waals surface area contributed by atoms with Crippen molar-refractivity contribution in [3.8, 4) is 0 Å². The van der Waals surface area contributed by atoms with Gasteiger partial charge in [-0.05, 0) is 32.1 Å². The maximum Gasteiger partial charge on any atom is 0.224 e. The van der Waals surface area contributed by atoms with Gasteiger partial charge in [-0.25, -0.2) is 0 Å². The van der Waals surface area contributed by atoms with E-state index < -0.39 is 0 Å². The summed E-state index contributed by atoms with van der Waals surface area (Å²) in [6.45, 7) is 0. The minimum Gasteiger partial charge on any atom is -0.359 e. The van der Waals surface area contributed by atoms with Gasteiger partial charge in [0.05, 0.1) is 5.92 Å². The Kier molecular flexibility index (Phi) is 3.99. The summed E-state index contributed by atoms with van der Waals surface area (Å²) in [5.74, 6) is 0.384. The number of amides is 1. The second-order valence-electron chi connectivity index (χ2n) is 4.89. The van der Waals surface area contributed by atoms with E-state index in [4.69, 9.17) is 0 Å². The van der Waals surface area contributed by atoms with Crippen molar-refractivity contribution in [1.29, 1.82) is 0 Å². The largest absolute Gasteiger partial charge is 0.359 e. The summed E-state index contributed by atoms with van der Waals surface area (Å²) < 4.78 is 0. The Morgan fingerprint density at radius 3 is 2.81 bits per heavy atom. The zero-order valence-corrected chi connectivity index (χ0v) is 10.0. The Bertz CT molecular complexity index is 275. The quantitative estimate of drug-likeness (QED) is 0.712. The lowest BCUT2D eigenvalue weighted by atomic mass is 9.98. The number of hydrogen-bond acceptors (Lipinski definition) is 2. The van der Waals surface area contributed by atoms with E-state index in [9.17, 15) is 4.79 Å². The van der Waals surface area contributed by atoms with Gasteiger partial charge >= 0.3 is 0 Å². The zero-order chi connectivity index (χ0) is 11.4. The zero-order valence-electron chi connectivity index (χ0n) is 10.0. The SMILES string of the molecule is CNC(=O)C1CCCC1NC1C=CCCC1. The average Bonchev–Trinajstić information content (AvgIpc) is 2.77. The molecule has 0 aromatic heterocycles. The van der Waals surface area contributed by atoms with E-state index in [0.29, 0.717) is 12.1 Å². The third-order valence-electron chi connectivity index (χ3n) is 3.78. The first kappa shape index (κ1) is 11.6. The molecule has 2 aliphatic carbocycles. The van der Waals surface area contributed by atoms with Crippen molar-refractivity contribution in [3.05, 3.63) is 12.2 Å². The smallest absolute Gasteiger partial charge is 0.224 e. The molecule has 3 unspecified atom stereocenters. The van der Waals surface area contributed by atoms with Crippen molar-refractivity contribution in [1.82, 2.24) is 10.6 Å². The Labute approximate surface area is 97.7 Å². The molecule has 1 amide bonds. The highest BCUT2D eigenvalue weighted by Gasteiger charge is 2.33. The lowest BCUT2D eigenvalue weighted by Gasteiger charge is -2.26. The Morgan fingerprint density at radius 1 is 1.25 bits per heavy atom. The fraction of sp³-hybridized carbons (Fsp3) is 0.769. The molecule has 0 aromatic carbocycles. The van der Waals surface area contributed by atoms with Crippen LogP contribution < -0.4 is 10.6 Å². The highest BCUT2D eigenvalue weighted by Crippen LogP contribution is 2.27. The van der Waals surface area contributed by atoms with Crippen LogP contribution in [0.1, 0.15) is 38.5 Å². The van der Waals surface area contributed by atoms with Crippen LogP contribution in [0.4, 0.5) is 0 Å². The van der Waals surface area contributed by atoms with Gasteiger partial charge in [0, 0.05) is 19.1 Å². The molecule has 2 aliphatic rings. The summed E-state index contributed by atoms with van der Waals surface area (Å²) in [5.41, 5.74) is 0. The van der Waals surface area contributed by atoms with E-state index in [-0.39, 0.29) is 11.8 Å². The topological polar surface area (TPSA) is 41.1 Å². The molecule has 1 fully saturated rings. The van der Waals surface area contributed by atoms with E-state index in [1.807, 2.05) is 0 Å². The molecule has 0 saturated heterocycles. The molecule has 0 radical (unpaired) electrons. The predicted molar refractivity (Wildman–Crippen MR) is 65.1 cm³/mol. The van der Waals surface area contributed by atoms with E-state index in [2.05, 4.69) is 22.8 Å². The second-order valence-corrected chi connectivity index (χ2v) is 4.89. The number of carbonyl (C=O) groups is 1. The third-order valence-corrected chi connectivity index (χ3v) is 3.78. The standard InChI is InChI=1S/C13H22N2O/c1-14-13(16)11-8-5-9-12(11)15-10-6-3-2-4-7-10/h3,6,10-12,15H,2,4-5,7-9H2,1H3,(H,14,16). The van der Waals surface area contributed by atoms with Crippen molar-refractivity contribution in [2.24, 2.45) is 5.92 Å². The van der Waals surface area contributed by atoms with Gasteiger partial charge in [-0.15, -0.1) is 0 Å². The molecule has 3 atom stereocenters. The molecule has 0 heterocycles. The average molecular weight is 222 g/mol. The monoisotopic (exact) mass is 222 g/mol. The molecule has 16 heavy (non-hydrogen) atoms. The summed E-state index contributed by atoms with van der Waals surface area (Å²) >= 11 is 0. The van der Waals surface area contributed by atoms with Crippen molar-refractivity contribution in [3.63, 3.8) is 0 Å². The molecule has 0 spiro atoms. The summed E-state index contributed by atoms with van der Waals surface area (Å²) in [6, 6.07) is 0.872. The number of carbonyl (C=O) groups excluding carboxylic acids is 1. The first-order chi connectivity index (χ1) is 7.81. The van der Waals surface area contributed by atoms with Crippen molar-refractivity contribution in [2.75, 3.05) is 7.05 Å². The van der Waals surface area contributed by atoms with E-state index in [1.165, 1.54) is 25.7 Å². The van der Waals surface area contributed by atoms with E-state index in [0.717, 1.165) is 12.8 Å². The van der Waals surface area contributed by atoms with Crippen LogP contribution in [-0.2, 0) is 4.79 Å². The van der Waals surface area contributed by atoms with Gasteiger partial charge in [0.1, 0.15) is 0 Å². The van der Waals surface area contributed by atoms with Crippen LogP contribution in [0.3, 0.4) is 0 Å². The summed E-state index contributed by atoms with van der Waals surface area (Å²) in [6.07, 6.45) is 11.6. The first-order valence-electron chi connectivity index (χ1n) is 6.45. The minimum atomic E-state index is 0.181. The van der Waals surface area contributed by atoms with Crippen LogP contribution >= 0.6 is 0 Å². The van der Waals surface area contributed by atoms with E-state index >= 15 is 0 Å². The van der Waals surface area contributed by atoms with Gasteiger partial charge in [0.2, 0.25) is 5.91 Å². The van der Waals surface area contributed by atoms with Crippen LogP contribution in [0.25, 0.3) is 0 Å². The molecule has 0 bridgehead atoms. The number of nitrogens with one attached hydrogen (secondary N) is 2. The minimum absolute atomic E-state index is 0.181. The third kappa shape index (κ3) is 2.64. The number of hydrogen-bond donors (Lipinski definition) is 2. The van der Waals surface area contributed by atoms with Crippen molar-refractivity contribution >= 4 is 5.91 Å². The van der Waals surface area contributed by atoms with Gasteiger partial charge in [-0.3, -0.25) is 4.79 Å². The van der Waals surface area contributed by atoms with Crippen molar-refractivity contribution < 1.29 is 4.79 Å². The number of rotatable bonds is 3. The van der Waals surface area contributed by atoms with Crippen LogP contribution in [-0.4, -0.2) is 25.0 Å². The molecule has 0 aromatic rings. The molecule has 3 nitrogen and oxygen atoms in total. The number of allylic oxidation sites excluding steroid dienone is 1. The molecule has 3 heteroatoms. The van der Waals surface area contributed by atoms with Crippen molar-refractivity contribution in [2.45, 2.75) is 50.6 Å².